The lowest BCUT2D eigenvalue weighted by Gasteiger charge is -2.19. The SMILES string of the molecule is CC(C)(C)OC(=O)Cc1cccc(CCNS(C)(=O)=O)c1. The highest BCUT2D eigenvalue weighted by atomic mass is 32.2. The number of esters is 1. The molecule has 1 aromatic carbocycles. The van der Waals surface area contributed by atoms with Crippen LogP contribution in [-0.2, 0) is 32.4 Å². The van der Waals surface area contributed by atoms with Crippen LogP contribution in [0.15, 0.2) is 24.3 Å². The van der Waals surface area contributed by atoms with Crippen LogP contribution >= 0.6 is 0 Å². The highest BCUT2D eigenvalue weighted by Crippen LogP contribution is 2.11. The molecule has 1 rings (SSSR count). The Kier molecular flexibility index (Phi) is 5.92. The minimum atomic E-state index is -3.17. The molecule has 0 fully saturated rings. The van der Waals surface area contributed by atoms with E-state index in [2.05, 4.69) is 4.72 Å². The van der Waals surface area contributed by atoms with Gasteiger partial charge in [0.2, 0.25) is 10.0 Å². The van der Waals surface area contributed by atoms with Gasteiger partial charge in [0.05, 0.1) is 12.7 Å². The maximum atomic E-state index is 11.8. The molecule has 0 saturated carbocycles. The van der Waals surface area contributed by atoms with Gasteiger partial charge in [-0.1, -0.05) is 24.3 Å². The van der Waals surface area contributed by atoms with Crippen LogP contribution in [0.3, 0.4) is 0 Å². The maximum absolute atomic E-state index is 11.8. The molecular formula is C15H23NO4S. The summed E-state index contributed by atoms with van der Waals surface area (Å²) in [5, 5.41) is 0. The van der Waals surface area contributed by atoms with Gasteiger partial charge in [-0.05, 0) is 38.3 Å². The van der Waals surface area contributed by atoms with E-state index in [0.29, 0.717) is 13.0 Å². The summed E-state index contributed by atoms with van der Waals surface area (Å²) >= 11 is 0. The van der Waals surface area contributed by atoms with Crippen LogP contribution in [0.1, 0.15) is 31.9 Å². The molecule has 5 nitrogen and oxygen atoms in total. The Morgan fingerprint density at radius 1 is 1.24 bits per heavy atom. The van der Waals surface area contributed by atoms with Crippen LogP contribution in [0, 0.1) is 0 Å². The predicted molar refractivity (Wildman–Crippen MR) is 82.5 cm³/mol. The lowest BCUT2D eigenvalue weighted by molar-refractivity contribution is -0.153. The third-order valence-electron chi connectivity index (χ3n) is 2.54. The minimum absolute atomic E-state index is 0.213. The lowest BCUT2D eigenvalue weighted by Crippen LogP contribution is -2.25. The van der Waals surface area contributed by atoms with Crippen molar-refractivity contribution in [3.8, 4) is 0 Å². The van der Waals surface area contributed by atoms with Crippen molar-refractivity contribution in [3.63, 3.8) is 0 Å². The van der Waals surface area contributed by atoms with Gasteiger partial charge in [0.15, 0.2) is 0 Å². The monoisotopic (exact) mass is 313 g/mol. The molecule has 0 heterocycles. The molecule has 0 aliphatic heterocycles. The van der Waals surface area contributed by atoms with Crippen molar-refractivity contribution in [2.75, 3.05) is 12.8 Å². The Balaban J connectivity index is 2.58. The van der Waals surface area contributed by atoms with E-state index in [1.54, 1.807) is 0 Å². The molecule has 0 bridgehead atoms. The molecule has 0 aliphatic carbocycles. The average molecular weight is 313 g/mol. The molecule has 0 atom stereocenters. The molecular weight excluding hydrogens is 290 g/mol. The Bertz CT molecular complexity index is 588. The quantitative estimate of drug-likeness (QED) is 0.811. The highest BCUT2D eigenvalue weighted by molar-refractivity contribution is 7.88. The van der Waals surface area contributed by atoms with E-state index in [1.807, 2.05) is 45.0 Å². The third-order valence-corrected chi connectivity index (χ3v) is 3.27. The summed E-state index contributed by atoms with van der Waals surface area (Å²) < 4.78 is 29.7. The zero-order chi connectivity index (χ0) is 16.1. The van der Waals surface area contributed by atoms with Crippen molar-refractivity contribution in [2.24, 2.45) is 0 Å². The fourth-order valence-electron chi connectivity index (χ4n) is 1.82. The summed E-state index contributed by atoms with van der Waals surface area (Å²) in [6.07, 6.45) is 1.92. The van der Waals surface area contributed by atoms with Gasteiger partial charge in [-0.3, -0.25) is 4.79 Å². The zero-order valence-electron chi connectivity index (χ0n) is 13.0. The number of nitrogens with one attached hydrogen (secondary N) is 1. The fraction of sp³-hybridized carbons (Fsp3) is 0.533. The molecule has 0 amide bonds. The number of hydrogen-bond donors (Lipinski definition) is 1. The van der Waals surface area contributed by atoms with Gasteiger partial charge in [-0.15, -0.1) is 0 Å². The van der Waals surface area contributed by atoms with E-state index in [4.69, 9.17) is 4.74 Å². The highest BCUT2D eigenvalue weighted by Gasteiger charge is 2.16. The Morgan fingerprint density at radius 2 is 1.86 bits per heavy atom. The van der Waals surface area contributed by atoms with Crippen LogP contribution in [0.5, 0.6) is 0 Å². The molecule has 1 aromatic rings. The van der Waals surface area contributed by atoms with E-state index >= 15 is 0 Å². The Labute approximate surface area is 126 Å². The van der Waals surface area contributed by atoms with E-state index in [-0.39, 0.29) is 12.4 Å². The molecule has 0 aromatic heterocycles. The van der Waals surface area contributed by atoms with Crippen molar-refractivity contribution in [1.29, 1.82) is 0 Å². The van der Waals surface area contributed by atoms with E-state index in [1.165, 1.54) is 0 Å². The van der Waals surface area contributed by atoms with Crippen LogP contribution in [0.25, 0.3) is 0 Å². The number of benzene rings is 1. The topological polar surface area (TPSA) is 72.5 Å². The van der Waals surface area contributed by atoms with Gasteiger partial charge in [0, 0.05) is 6.54 Å². The van der Waals surface area contributed by atoms with Crippen molar-refractivity contribution in [1.82, 2.24) is 4.72 Å². The average Bonchev–Trinajstić information content (AvgIpc) is 2.24. The van der Waals surface area contributed by atoms with E-state index in [9.17, 15) is 13.2 Å². The number of hydrogen-bond acceptors (Lipinski definition) is 4. The van der Waals surface area contributed by atoms with Gasteiger partial charge >= 0.3 is 5.97 Å². The Hall–Kier alpha value is -1.40. The standard InChI is InChI=1S/C15H23NO4S/c1-15(2,3)20-14(17)11-13-7-5-6-12(10-13)8-9-16-21(4,18)19/h5-7,10,16H,8-9,11H2,1-4H3. The molecule has 1 N–H and O–H groups in total. The van der Waals surface area contributed by atoms with Gasteiger partial charge < -0.3 is 4.74 Å². The van der Waals surface area contributed by atoms with Crippen molar-refractivity contribution in [2.45, 2.75) is 39.2 Å². The summed E-state index contributed by atoms with van der Waals surface area (Å²) in [7, 11) is -3.17. The summed E-state index contributed by atoms with van der Waals surface area (Å²) in [4.78, 5) is 11.8. The number of carbonyl (C=O) groups is 1. The first kappa shape index (κ1) is 17.7. The molecule has 0 radical (unpaired) electrons. The Morgan fingerprint density at radius 3 is 2.43 bits per heavy atom. The van der Waals surface area contributed by atoms with Gasteiger partial charge in [-0.2, -0.15) is 0 Å². The lowest BCUT2D eigenvalue weighted by atomic mass is 10.1. The number of sulfonamides is 1. The van der Waals surface area contributed by atoms with Crippen molar-refractivity contribution < 1.29 is 17.9 Å². The molecule has 21 heavy (non-hydrogen) atoms. The molecule has 0 spiro atoms. The molecule has 0 aliphatic rings. The zero-order valence-corrected chi connectivity index (χ0v) is 13.8. The smallest absolute Gasteiger partial charge is 0.310 e. The first-order chi connectivity index (χ1) is 9.55. The number of rotatable bonds is 6. The van der Waals surface area contributed by atoms with Crippen molar-refractivity contribution >= 4 is 16.0 Å². The molecule has 0 unspecified atom stereocenters. The normalized spacial score (nSPS) is 12.2. The van der Waals surface area contributed by atoms with Crippen LogP contribution in [-0.4, -0.2) is 32.8 Å². The number of carbonyl (C=O) groups excluding carboxylic acids is 1. The summed E-state index contributed by atoms with van der Waals surface area (Å²) in [6.45, 7) is 5.84. The second-order valence-corrected chi connectivity index (χ2v) is 7.83. The second-order valence-electron chi connectivity index (χ2n) is 6.00. The van der Waals surface area contributed by atoms with E-state index in [0.717, 1.165) is 17.4 Å². The van der Waals surface area contributed by atoms with Crippen LogP contribution < -0.4 is 4.72 Å². The van der Waals surface area contributed by atoms with Crippen molar-refractivity contribution in [3.05, 3.63) is 35.4 Å². The summed E-state index contributed by atoms with van der Waals surface area (Å²) in [6, 6.07) is 7.52. The van der Waals surface area contributed by atoms with Crippen LogP contribution in [0.4, 0.5) is 0 Å². The summed E-state index contributed by atoms with van der Waals surface area (Å²) in [5.41, 5.74) is 1.35. The first-order valence-corrected chi connectivity index (χ1v) is 8.69. The second kappa shape index (κ2) is 7.04. The molecule has 6 heteroatoms. The fourth-order valence-corrected chi connectivity index (χ4v) is 2.29. The van der Waals surface area contributed by atoms with Gasteiger partial charge in [0.25, 0.3) is 0 Å². The molecule has 118 valence electrons. The minimum Gasteiger partial charge on any atom is -0.460 e. The van der Waals surface area contributed by atoms with Gasteiger partial charge in [0.1, 0.15) is 5.60 Å². The predicted octanol–water partition coefficient (Wildman–Crippen LogP) is 1.66. The van der Waals surface area contributed by atoms with Crippen LogP contribution in [0.2, 0.25) is 0 Å². The first-order valence-electron chi connectivity index (χ1n) is 6.79. The van der Waals surface area contributed by atoms with E-state index < -0.39 is 15.6 Å². The maximum Gasteiger partial charge on any atom is 0.310 e. The third kappa shape index (κ3) is 8.47. The number of ether oxygens (including phenoxy) is 1. The molecule has 0 saturated heterocycles. The summed E-state index contributed by atoms with van der Waals surface area (Å²) in [5.74, 6) is -0.270. The largest absolute Gasteiger partial charge is 0.460 e. The van der Waals surface area contributed by atoms with Gasteiger partial charge in [-0.25, -0.2) is 13.1 Å².